The summed E-state index contributed by atoms with van der Waals surface area (Å²) < 4.78 is 11.4. The van der Waals surface area contributed by atoms with E-state index in [0.29, 0.717) is 18.1 Å². The van der Waals surface area contributed by atoms with E-state index in [-0.39, 0.29) is 11.8 Å². The molecule has 1 amide bonds. The van der Waals surface area contributed by atoms with Gasteiger partial charge >= 0.3 is 5.97 Å². The number of rotatable bonds is 10. The van der Waals surface area contributed by atoms with Gasteiger partial charge < -0.3 is 19.9 Å². The molecule has 0 saturated heterocycles. The average Bonchev–Trinajstić information content (AvgIpc) is 2.86. The van der Waals surface area contributed by atoms with Crippen LogP contribution in [0.15, 0.2) is 78.9 Å². The fraction of sp³-hybridized carbons (Fsp3) is 0.267. The summed E-state index contributed by atoms with van der Waals surface area (Å²) in [6.07, 6.45) is 3.12. The highest BCUT2D eigenvalue weighted by Gasteiger charge is 2.19. The van der Waals surface area contributed by atoms with Crippen LogP contribution in [0.3, 0.4) is 0 Å². The van der Waals surface area contributed by atoms with Crippen LogP contribution in [0.2, 0.25) is 0 Å². The van der Waals surface area contributed by atoms with Gasteiger partial charge in [0.25, 0.3) is 0 Å². The smallest absolute Gasteiger partial charge is 0.326 e. The van der Waals surface area contributed by atoms with Gasteiger partial charge in [-0.3, -0.25) is 4.79 Å². The van der Waals surface area contributed by atoms with Gasteiger partial charge in [0, 0.05) is 12.5 Å². The van der Waals surface area contributed by atoms with Gasteiger partial charge in [-0.1, -0.05) is 81.4 Å². The first-order valence-corrected chi connectivity index (χ1v) is 11.8. The molecule has 0 aliphatic carbocycles. The molecular formula is C30H33NO5. The molecule has 36 heavy (non-hydrogen) atoms. The summed E-state index contributed by atoms with van der Waals surface area (Å²) in [7, 11) is 1.56. The SMILES string of the molecule is COc1cc(/C=C/C(=O)NC(Cc2ccccc2)C(=O)O)ccc1OCc1ccc(C(C)(C)C)cc1. The zero-order valence-electron chi connectivity index (χ0n) is 21.2. The Kier molecular flexibility index (Phi) is 8.90. The number of ether oxygens (including phenoxy) is 2. The minimum absolute atomic E-state index is 0.0965. The van der Waals surface area contributed by atoms with Crippen molar-refractivity contribution in [1.29, 1.82) is 0 Å². The van der Waals surface area contributed by atoms with Gasteiger partial charge in [-0.05, 0) is 45.9 Å². The van der Waals surface area contributed by atoms with Crippen LogP contribution < -0.4 is 14.8 Å². The van der Waals surface area contributed by atoms with Crippen molar-refractivity contribution in [2.75, 3.05) is 7.11 Å². The predicted octanol–water partition coefficient (Wildman–Crippen LogP) is 5.40. The van der Waals surface area contributed by atoms with Crippen LogP contribution in [-0.4, -0.2) is 30.1 Å². The number of benzene rings is 3. The highest BCUT2D eigenvalue weighted by molar-refractivity contribution is 5.94. The first-order valence-electron chi connectivity index (χ1n) is 11.8. The van der Waals surface area contributed by atoms with Crippen LogP contribution in [0.25, 0.3) is 6.08 Å². The Morgan fingerprint density at radius 2 is 1.64 bits per heavy atom. The normalized spacial score (nSPS) is 12.2. The predicted molar refractivity (Wildman–Crippen MR) is 141 cm³/mol. The van der Waals surface area contributed by atoms with E-state index in [9.17, 15) is 14.7 Å². The van der Waals surface area contributed by atoms with Crippen molar-refractivity contribution >= 4 is 18.0 Å². The Morgan fingerprint density at radius 3 is 2.25 bits per heavy atom. The number of hydrogen-bond acceptors (Lipinski definition) is 4. The highest BCUT2D eigenvalue weighted by Crippen LogP contribution is 2.30. The summed E-state index contributed by atoms with van der Waals surface area (Å²) in [6, 6.07) is 21.9. The summed E-state index contributed by atoms with van der Waals surface area (Å²) in [6.45, 7) is 6.94. The van der Waals surface area contributed by atoms with Crippen molar-refractivity contribution in [1.82, 2.24) is 5.32 Å². The lowest BCUT2D eigenvalue weighted by molar-refractivity contribution is -0.141. The van der Waals surface area contributed by atoms with Crippen molar-refractivity contribution in [2.45, 2.75) is 45.3 Å². The lowest BCUT2D eigenvalue weighted by atomic mass is 9.87. The summed E-state index contributed by atoms with van der Waals surface area (Å²) in [5.41, 5.74) is 3.96. The number of carbonyl (C=O) groups excluding carboxylic acids is 1. The molecule has 0 radical (unpaired) electrons. The average molecular weight is 488 g/mol. The maximum absolute atomic E-state index is 12.4. The van der Waals surface area contributed by atoms with Gasteiger partial charge in [0.2, 0.25) is 5.91 Å². The van der Waals surface area contributed by atoms with Crippen LogP contribution in [0.1, 0.15) is 43.0 Å². The molecule has 2 N–H and O–H groups in total. The highest BCUT2D eigenvalue weighted by atomic mass is 16.5. The summed E-state index contributed by atoms with van der Waals surface area (Å²) >= 11 is 0. The molecular weight excluding hydrogens is 454 g/mol. The zero-order valence-corrected chi connectivity index (χ0v) is 21.2. The topological polar surface area (TPSA) is 84.9 Å². The van der Waals surface area contributed by atoms with Crippen molar-refractivity contribution < 1.29 is 24.2 Å². The summed E-state index contributed by atoms with van der Waals surface area (Å²) in [4.78, 5) is 24.0. The Bertz CT molecular complexity index is 1190. The zero-order chi connectivity index (χ0) is 26.1. The second kappa shape index (κ2) is 12.1. The molecule has 1 unspecified atom stereocenters. The van der Waals surface area contributed by atoms with Crippen molar-refractivity contribution in [2.24, 2.45) is 0 Å². The van der Waals surface area contributed by atoms with Gasteiger partial charge in [0.05, 0.1) is 7.11 Å². The molecule has 3 rings (SSSR count). The quantitative estimate of drug-likeness (QED) is 0.374. The molecule has 0 bridgehead atoms. The third-order valence-electron chi connectivity index (χ3n) is 5.73. The van der Waals surface area contributed by atoms with E-state index >= 15 is 0 Å². The van der Waals surface area contributed by atoms with E-state index in [1.165, 1.54) is 11.6 Å². The maximum Gasteiger partial charge on any atom is 0.326 e. The number of hydrogen-bond donors (Lipinski definition) is 2. The molecule has 0 aromatic heterocycles. The van der Waals surface area contributed by atoms with E-state index in [2.05, 4.69) is 50.4 Å². The molecule has 1 atom stereocenters. The number of carboxylic acid groups (broad SMARTS) is 1. The number of aliphatic carboxylic acids is 1. The van der Waals surface area contributed by atoms with Crippen molar-refractivity contribution in [3.63, 3.8) is 0 Å². The first kappa shape index (κ1) is 26.5. The van der Waals surface area contributed by atoms with E-state index in [0.717, 1.165) is 16.7 Å². The molecule has 3 aromatic rings. The van der Waals surface area contributed by atoms with Gasteiger partial charge in [-0.25, -0.2) is 4.79 Å². The lowest BCUT2D eigenvalue weighted by Crippen LogP contribution is -2.41. The number of carboxylic acids is 1. The number of methoxy groups -OCH3 is 1. The van der Waals surface area contributed by atoms with E-state index in [1.807, 2.05) is 36.4 Å². The largest absolute Gasteiger partial charge is 0.493 e. The van der Waals surface area contributed by atoms with E-state index in [4.69, 9.17) is 9.47 Å². The fourth-order valence-electron chi connectivity index (χ4n) is 3.61. The van der Waals surface area contributed by atoms with E-state index < -0.39 is 17.9 Å². The molecule has 0 saturated carbocycles. The molecule has 6 heteroatoms. The minimum Gasteiger partial charge on any atom is -0.493 e. The van der Waals surface area contributed by atoms with Gasteiger partial charge in [-0.15, -0.1) is 0 Å². The molecule has 0 aliphatic heterocycles. The molecule has 6 nitrogen and oxygen atoms in total. The van der Waals surface area contributed by atoms with Gasteiger partial charge in [0.1, 0.15) is 12.6 Å². The minimum atomic E-state index is -1.09. The molecule has 3 aromatic carbocycles. The summed E-state index contributed by atoms with van der Waals surface area (Å²) in [5, 5.41) is 12.0. The fourth-order valence-corrected chi connectivity index (χ4v) is 3.61. The molecule has 0 fully saturated rings. The Morgan fingerprint density at radius 1 is 0.944 bits per heavy atom. The molecule has 0 spiro atoms. The number of carbonyl (C=O) groups is 2. The lowest BCUT2D eigenvalue weighted by Gasteiger charge is -2.19. The maximum atomic E-state index is 12.4. The molecule has 188 valence electrons. The van der Waals surface area contributed by atoms with Crippen LogP contribution in [0, 0.1) is 0 Å². The van der Waals surface area contributed by atoms with Gasteiger partial charge in [-0.2, -0.15) is 0 Å². The van der Waals surface area contributed by atoms with Crippen LogP contribution in [-0.2, 0) is 28.0 Å². The molecule has 0 heterocycles. The second-order valence-electron chi connectivity index (χ2n) is 9.57. The standard InChI is InChI=1S/C30H33NO5/c1-30(2,3)24-14-10-23(11-15-24)20-36-26-16-12-22(19-27(26)35-4)13-17-28(32)31-25(29(33)34)18-21-8-6-5-7-9-21/h5-17,19,25H,18,20H2,1-4H3,(H,31,32)(H,33,34)/b17-13+. The Labute approximate surface area is 212 Å². The Hall–Kier alpha value is -4.06. The summed E-state index contributed by atoms with van der Waals surface area (Å²) in [5.74, 6) is -0.447. The third-order valence-corrected chi connectivity index (χ3v) is 5.73. The monoisotopic (exact) mass is 487 g/mol. The van der Waals surface area contributed by atoms with Gasteiger partial charge in [0.15, 0.2) is 11.5 Å². The van der Waals surface area contributed by atoms with Crippen LogP contribution in [0.4, 0.5) is 0 Å². The molecule has 0 aliphatic rings. The third kappa shape index (κ3) is 7.73. The number of amides is 1. The van der Waals surface area contributed by atoms with Crippen molar-refractivity contribution in [3.8, 4) is 11.5 Å². The van der Waals surface area contributed by atoms with Crippen LogP contribution in [0.5, 0.6) is 11.5 Å². The van der Waals surface area contributed by atoms with Crippen LogP contribution >= 0.6 is 0 Å². The van der Waals surface area contributed by atoms with E-state index in [1.54, 1.807) is 25.3 Å². The number of nitrogens with one attached hydrogen (secondary N) is 1. The second-order valence-corrected chi connectivity index (χ2v) is 9.57. The first-order chi connectivity index (χ1) is 17.2. The van der Waals surface area contributed by atoms with Crippen molar-refractivity contribution in [3.05, 3.63) is 101 Å². The Balaban J connectivity index is 1.61.